The summed E-state index contributed by atoms with van der Waals surface area (Å²) in [5.74, 6) is 0.525. The Morgan fingerprint density at radius 3 is 2.64 bits per heavy atom. The summed E-state index contributed by atoms with van der Waals surface area (Å²) in [7, 11) is 0. The first-order valence-electron chi connectivity index (χ1n) is 9.15. The Bertz CT molecular complexity index is 1120. The number of thioether (sulfide) groups is 1. The molecule has 140 valence electrons. The fourth-order valence-corrected chi connectivity index (χ4v) is 4.63. The Hall–Kier alpha value is -3.06. The van der Waals surface area contributed by atoms with E-state index in [1.165, 1.54) is 11.8 Å². The molecule has 0 bridgehead atoms. The maximum Gasteiger partial charge on any atom is 0.319 e. The lowest BCUT2D eigenvalue weighted by Gasteiger charge is -2.10. The number of nitrogens with zero attached hydrogens (tertiary/aromatic N) is 3. The highest BCUT2D eigenvalue weighted by Crippen LogP contribution is 2.35. The molecule has 6 nitrogen and oxygen atoms in total. The third-order valence-electron chi connectivity index (χ3n) is 4.79. The molecule has 0 unspecified atom stereocenters. The fourth-order valence-electron chi connectivity index (χ4n) is 3.47. The summed E-state index contributed by atoms with van der Waals surface area (Å²) in [5.41, 5.74) is 2.87. The van der Waals surface area contributed by atoms with Gasteiger partial charge in [0.15, 0.2) is 11.0 Å². The Morgan fingerprint density at radius 1 is 1.11 bits per heavy atom. The third kappa shape index (κ3) is 2.97. The van der Waals surface area contributed by atoms with Gasteiger partial charge in [0.25, 0.3) is 0 Å². The summed E-state index contributed by atoms with van der Waals surface area (Å²) < 4.78 is 7.29. The highest BCUT2D eigenvalue weighted by Gasteiger charge is 2.34. The standard InChI is InChI=1S/C21H18N4O2S/c1-13-11-18(20(26)27-13)28-21-24-23-19(25(21)15-8-3-2-4-9-15)17-12-14-7-5-6-10-16(14)22-17/h2-10,12-13,18,22H,11H2,1H3/t13-,18-/m0/s1. The van der Waals surface area contributed by atoms with Crippen LogP contribution in [-0.4, -0.2) is 37.1 Å². The predicted molar refractivity (Wildman–Crippen MR) is 108 cm³/mol. The zero-order valence-corrected chi connectivity index (χ0v) is 16.0. The molecule has 1 aliphatic rings. The van der Waals surface area contributed by atoms with E-state index in [9.17, 15) is 4.79 Å². The second-order valence-electron chi connectivity index (χ2n) is 6.84. The van der Waals surface area contributed by atoms with Crippen molar-refractivity contribution in [3.63, 3.8) is 0 Å². The lowest BCUT2D eigenvalue weighted by molar-refractivity contribution is -0.140. The van der Waals surface area contributed by atoms with E-state index < -0.39 is 0 Å². The summed E-state index contributed by atoms with van der Waals surface area (Å²) in [5, 5.41) is 10.4. The van der Waals surface area contributed by atoms with Crippen LogP contribution >= 0.6 is 11.8 Å². The minimum atomic E-state index is -0.266. The molecule has 1 N–H and O–H groups in total. The monoisotopic (exact) mass is 390 g/mol. The van der Waals surface area contributed by atoms with Crippen LogP contribution in [0.5, 0.6) is 0 Å². The number of hydrogen-bond acceptors (Lipinski definition) is 5. The Labute approximate surface area is 165 Å². The molecular formula is C21H18N4O2S. The number of H-pyrrole nitrogens is 1. The molecule has 28 heavy (non-hydrogen) atoms. The van der Waals surface area contributed by atoms with Crippen molar-refractivity contribution >= 4 is 28.6 Å². The zero-order chi connectivity index (χ0) is 19.1. The van der Waals surface area contributed by atoms with E-state index in [0.717, 1.165) is 22.3 Å². The van der Waals surface area contributed by atoms with Crippen LogP contribution in [0.3, 0.4) is 0 Å². The molecular weight excluding hydrogens is 372 g/mol. The predicted octanol–water partition coefficient (Wildman–Crippen LogP) is 4.21. The van der Waals surface area contributed by atoms with Crippen molar-refractivity contribution in [2.75, 3.05) is 0 Å². The van der Waals surface area contributed by atoms with Gasteiger partial charge >= 0.3 is 5.97 Å². The molecule has 4 aromatic rings. The van der Waals surface area contributed by atoms with E-state index in [1.807, 2.05) is 60.0 Å². The van der Waals surface area contributed by atoms with Gasteiger partial charge in [-0.15, -0.1) is 10.2 Å². The molecule has 2 aromatic heterocycles. The van der Waals surface area contributed by atoms with Gasteiger partial charge in [-0.05, 0) is 31.2 Å². The topological polar surface area (TPSA) is 72.8 Å². The van der Waals surface area contributed by atoms with Crippen molar-refractivity contribution in [3.8, 4) is 17.2 Å². The summed E-state index contributed by atoms with van der Waals surface area (Å²) in [4.78, 5) is 15.5. The smallest absolute Gasteiger partial charge is 0.319 e. The maximum absolute atomic E-state index is 12.1. The van der Waals surface area contributed by atoms with Crippen LogP contribution in [0.2, 0.25) is 0 Å². The number of aromatic nitrogens is 4. The Morgan fingerprint density at radius 2 is 1.89 bits per heavy atom. The largest absolute Gasteiger partial charge is 0.462 e. The van der Waals surface area contributed by atoms with E-state index >= 15 is 0 Å². The average molecular weight is 390 g/mol. The van der Waals surface area contributed by atoms with Gasteiger partial charge in [-0.2, -0.15) is 0 Å². The normalized spacial score (nSPS) is 19.2. The number of fused-ring (bicyclic) bond motifs is 1. The molecule has 1 aliphatic heterocycles. The highest BCUT2D eigenvalue weighted by atomic mass is 32.2. The van der Waals surface area contributed by atoms with Crippen LogP contribution < -0.4 is 0 Å². The van der Waals surface area contributed by atoms with Gasteiger partial charge in [0.05, 0.1) is 5.69 Å². The Balaban J connectivity index is 1.61. The zero-order valence-electron chi connectivity index (χ0n) is 15.2. The number of rotatable bonds is 4. The number of benzene rings is 2. The minimum absolute atomic E-state index is 0.0636. The van der Waals surface area contributed by atoms with Crippen LogP contribution in [-0.2, 0) is 9.53 Å². The average Bonchev–Trinajstić information content (AvgIpc) is 3.39. The van der Waals surface area contributed by atoms with Crippen molar-refractivity contribution in [2.45, 2.75) is 29.9 Å². The lowest BCUT2D eigenvalue weighted by atomic mass is 10.2. The van der Waals surface area contributed by atoms with Crippen LogP contribution in [0, 0.1) is 0 Å². The van der Waals surface area contributed by atoms with Gasteiger partial charge < -0.3 is 9.72 Å². The number of carbonyl (C=O) groups is 1. The molecule has 0 saturated carbocycles. The number of nitrogens with one attached hydrogen (secondary N) is 1. The summed E-state index contributed by atoms with van der Waals surface area (Å²) in [6.07, 6.45) is 0.610. The van der Waals surface area contributed by atoms with Gasteiger partial charge in [-0.1, -0.05) is 48.2 Å². The molecule has 1 fully saturated rings. The van der Waals surface area contributed by atoms with E-state index in [1.54, 1.807) is 0 Å². The van der Waals surface area contributed by atoms with Crippen LogP contribution in [0.1, 0.15) is 13.3 Å². The van der Waals surface area contributed by atoms with Gasteiger partial charge in [-0.3, -0.25) is 9.36 Å². The molecule has 2 atom stereocenters. The minimum Gasteiger partial charge on any atom is -0.462 e. The molecule has 5 rings (SSSR count). The Kier molecular flexibility index (Phi) is 4.16. The summed E-state index contributed by atoms with van der Waals surface area (Å²) in [6, 6.07) is 20.1. The van der Waals surface area contributed by atoms with Crippen molar-refractivity contribution < 1.29 is 9.53 Å². The lowest BCUT2D eigenvalue weighted by Crippen LogP contribution is -2.11. The van der Waals surface area contributed by atoms with E-state index in [2.05, 4.69) is 27.3 Å². The van der Waals surface area contributed by atoms with Crippen molar-refractivity contribution in [3.05, 3.63) is 60.7 Å². The molecule has 2 aromatic carbocycles. The van der Waals surface area contributed by atoms with Gasteiger partial charge in [0.1, 0.15) is 11.4 Å². The molecule has 0 spiro atoms. The number of esters is 1. The molecule has 7 heteroatoms. The van der Waals surface area contributed by atoms with E-state index in [0.29, 0.717) is 17.4 Å². The van der Waals surface area contributed by atoms with Crippen LogP contribution in [0.25, 0.3) is 28.1 Å². The number of para-hydroxylation sites is 2. The number of carbonyl (C=O) groups excluding carboxylic acids is 1. The molecule has 0 amide bonds. The van der Waals surface area contributed by atoms with E-state index in [-0.39, 0.29) is 17.3 Å². The second kappa shape index (κ2) is 6.83. The van der Waals surface area contributed by atoms with Crippen molar-refractivity contribution in [1.82, 2.24) is 19.7 Å². The third-order valence-corrected chi connectivity index (χ3v) is 5.94. The van der Waals surface area contributed by atoms with Crippen LogP contribution in [0.4, 0.5) is 0 Å². The SMILES string of the molecule is C[C@H]1C[C@H](Sc2nnc(-c3cc4ccccc4[nH]3)n2-c2ccccc2)C(=O)O1. The number of ether oxygens (including phenoxy) is 1. The molecule has 0 aliphatic carbocycles. The van der Waals surface area contributed by atoms with Gasteiger partial charge in [0, 0.05) is 23.0 Å². The quantitative estimate of drug-likeness (QED) is 0.529. The van der Waals surface area contributed by atoms with Crippen LogP contribution in [0.15, 0.2) is 65.8 Å². The number of aromatic amines is 1. The summed E-state index contributed by atoms with van der Waals surface area (Å²) in [6.45, 7) is 1.91. The highest BCUT2D eigenvalue weighted by molar-refractivity contribution is 8.00. The van der Waals surface area contributed by atoms with Crippen molar-refractivity contribution in [2.24, 2.45) is 0 Å². The van der Waals surface area contributed by atoms with Crippen molar-refractivity contribution in [1.29, 1.82) is 0 Å². The fraction of sp³-hybridized carbons (Fsp3) is 0.190. The molecule has 0 radical (unpaired) electrons. The first-order chi connectivity index (χ1) is 13.7. The van der Waals surface area contributed by atoms with Gasteiger partial charge in [0.2, 0.25) is 0 Å². The second-order valence-corrected chi connectivity index (χ2v) is 8.01. The first-order valence-corrected chi connectivity index (χ1v) is 10.0. The molecule has 1 saturated heterocycles. The number of hydrogen-bond donors (Lipinski definition) is 1. The summed E-state index contributed by atoms with van der Waals surface area (Å²) >= 11 is 1.41. The van der Waals surface area contributed by atoms with Gasteiger partial charge in [-0.25, -0.2) is 0 Å². The number of cyclic esters (lactones) is 1. The van der Waals surface area contributed by atoms with E-state index in [4.69, 9.17) is 4.74 Å². The molecule has 3 heterocycles. The maximum atomic E-state index is 12.1. The first kappa shape index (κ1) is 17.1.